The van der Waals surface area contributed by atoms with Gasteiger partial charge in [-0.05, 0) is 68.8 Å². The number of rotatable bonds is 1. The standard InChI is InChI=1S/C20H28O2/c1-19-9-7-16-15-6-4-14(21-2)11-13(15)3-5-17(16)18(19)8-10-20(19)12-22-20/h4,16-18H,3,5-12H2,1-2H3. The fraction of sp³-hybridized carbons (Fsp3) is 0.800. The summed E-state index contributed by atoms with van der Waals surface area (Å²) in [4.78, 5) is 0. The van der Waals surface area contributed by atoms with E-state index in [1.54, 1.807) is 11.1 Å². The molecule has 0 aromatic heterocycles. The normalized spacial score (nSPS) is 49.4. The number of epoxide rings is 1. The average Bonchev–Trinajstić information content (AvgIpc) is 3.28. The van der Waals surface area contributed by atoms with E-state index in [9.17, 15) is 0 Å². The summed E-state index contributed by atoms with van der Waals surface area (Å²) in [7, 11) is 1.82. The van der Waals surface area contributed by atoms with E-state index in [1.807, 2.05) is 7.11 Å². The lowest BCUT2D eigenvalue weighted by Crippen LogP contribution is -2.46. The molecule has 1 aliphatic heterocycles. The molecule has 0 aromatic rings. The maximum atomic E-state index is 6.01. The molecule has 0 aromatic carbocycles. The molecular weight excluding hydrogens is 272 g/mol. The van der Waals surface area contributed by atoms with Crippen molar-refractivity contribution < 1.29 is 9.47 Å². The molecule has 0 N–H and O–H groups in total. The topological polar surface area (TPSA) is 21.8 Å². The summed E-state index contributed by atoms with van der Waals surface area (Å²) in [6.07, 6.45) is 12.9. The minimum atomic E-state index is 0.299. The van der Waals surface area contributed by atoms with E-state index in [0.717, 1.165) is 37.2 Å². The maximum Gasteiger partial charge on any atom is 0.0972 e. The molecule has 5 aliphatic rings. The van der Waals surface area contributed by atoms with Crippen molar-refractivity contribution in [1.29, 1.82) is 0 Å². The fourth-order valence-corrected chi connectivity index (χ4v) is 6.70. The van der Waals surface area contributed by atoms with E-state index < -0.39 is 0 Å². The van der Waals surface area contributed by atoms with Crippen LogP contribution in [0.5, 0.6) is 0 Å². The Morgan fingerprint density at radius 2 is 2.09 bits per heavy atom. The summed E-state index contributed by atoms with van der Waals surface area (Å²) in [5.74, 6) is 3.91. The van der Waals surface area contributed by atoms with Crippen molar-refractivity contribution in [2.45, 2.75) is 63.9 Å². The summed E-state index contributed by atoms with van der Waals surface area (Å²) in [5.41, 5.74) is 4.30. The van der Waals surface area contributed by atoms with Crippen molar-refractivity contribution in [3.63, 3.8) is 0 Å². The molecule has 3 fully saturated rings. The van der Waals surface area contributed by atoms with Crippen LogP contribution in [0.4, 0.5) is 0 Å². The van der Waals surface area contributed by atoms with E-state index in [4.69, 9.17) is 9.47 Å². The molecule has 5 atom stereocenters. The number of hydrogen-bond acceptors (Lipinski definition) is 2. The van der Waals surface area contributed by atoms with Gasteiger partial charge in [0.15, 0.2) is 0 Å². The van der Waals surface area contributed by atoms with Gasteiger partial charge in [-0.2, -0.15) is 0 Å². The van der Waals surface area contributed by atoms with Crippen LogP contribution < -0.4 is 0 Å². The van der Waals surface area contributed by atoms with Crippen LogP contribution in [0.25, 0.3) is 0 Å². The number of ether oxygens (including phenoxy) is 2. The lowest BCUT2D eigenvalue weighted by molar-refractivity contribution is -0.000108. The number of methoxy groups -OCH3 is 1. The zero-order valence-corrected chi connectivity index (χ0v) is 14.0. The Bertz CT molecular complexity index is 568. The molecule has 22 heavy (non-hydrogen) atoms. The summed E-state index contributed by atoms with van der Waals surface area (Å²) < 4.78 is 11.5. The highest BCUT2D eigenvalue weighted by molar-refractivity contribution is 5.33. The molecule has 1 heterocycles. The Morgan fingerprint density at radius 3 is 2.86 bits per heavy atom. The van der Waals surface area contributed by atoms with Crippen molar-refractivity contribution in [3.8, 4) is 0 Å². The molecule has 0 amide bonds. The van der Waals surface area contributed by atoms with Crippen molar-refractivity contribution in [2.75, 3.05) is 13.7 Å². The highest BCUT2D eigenvalue weighted by Gasteiger charge is 2.68. The van der Waals surface area contributed by atoms with E-state index in [-0.39, 0.29) is 0 Å². The first-order valence-corrected chi connectivity index (χ1v) is 9.25. The van der Waals surface area contributed by atoms with Gasteiger partial charge in [-0.1, -0.05) is 18.1 Å². The van der Waals surface area contributed by atoms with E-state index in [2.05, 4.69) is 13.0 Å². The molecule has 0 radical (unpaired) electrons. The van der Waals surface area contributed by atoms with Gasteiger partial charge in [0, 0.05) is 11.8 Å². The number of allylic oxidation sites excluding steroid dienone is 3. The quantitative estimate of drug-likeness (QED) is 0.521. The first-order valence-electron chi connectivity index (χ1n) is 9.25. The van der Waals surface area contributed by atoms with Crippen LogP contribution in [-0.2, 0) is 9.47 Å². The van der Waals surface area contributed by atoms with Gasteiger partial charge >= 0.3 is 0 Å². The smallest absolute Gasteiger partial charge is 0.0972 e. The second-order valence-electron chi connectivity index (χ2n) is 8.58. The Balaban J connectivity index is 1.44. The fourth-order valence-electron chi connectivity index (χ4n) is 6.70. The highest BCUT2D eigenvalue weighted by atomic mass is 16.6. The van der Waals surface area contributed by atoms with E-state index in [1.165, 1.54) is 44.3 Å². The molecule has 4 aliphatic carbocycles. The Kier molecular flexibility index (Phi) is 2.74. The SMILES string of the molecule is COC1=CCC2=C(CCC3C2CCC2(C)C3CCC23CO3)C1. The van der Waals surface area contributed by atoms with Crippen molar-refractivity contribution >= 4 is 0 Å². The molecule has 2 saturated carbocycles. The molecule has 5 rings (SSSR count). The van der Waals surface area contributed by atoms with Crippen LogP contribution in [0.3, 0.4) is 0 Å². The van der Waals surface area contributed by atoms with E-state index in [0.29, 0.717) is 11.0 Å². The van der Waals surface area contributed by atoms with Gasteiger partial charge in [0.1, 0.15) is 0 Å². The van der Waals surface area contributed by atoms with Crippen molar-refractivity contribution in [1.82, 2.24) is 0 Å². The Hall–Kier alpha value is -0.760. The zero-order valence-electron chi connectivity index (χ0n) is 14.0. The molecule has 0 bridgehead atoms. The predicted octanol–water partition coefficient (Wildman–Crippen LogP) is 4.61. The van der Waals surface area contributed by atoms with Gasteiger partial charge in [0.05, 0.1) is 25.1 Å². The molecule has 120 valence electrons. The minimum absolute atomic E-state index is 0.299. The second-order valence-corrected chi connectivity index (χ2v) is 8.58. The van der Waals surface area contributed by atoms with Gasteiger partial charge < -0.3 is 9.47 Å². The predicted molar refractivity (Wildman–Crippen MR) is 86.3 cm³/mol. The first-order chi connectivity index (χ1) is 10.7. The minimum Gasteiger partial charge on any atom is -0.501 e. The van der Waals surface area contributed by atoms with Crippen molar-refractivity contribution in [2.24, 2.45) is 23.2 Å². The van der Waals surface area contributed by atoms with Crippen LogP contribution in [0.2, 0.25) is 0 Å². The lowest BCUT2D eigenvalue weighted by Gasteiger charge is -2.51. The highest BCUT2D eigenvalue weighted by Crippen LogP contribution is 2.68. The largest absolute Gasteiger partial charge is 0.501 e. The lowest BCUT2D eigenvalue weighted by atomic mass is 9.53. The molecule has 1 saturated heterocycles. The number of hydrogen-bond donors (Lipinski definition) is 0. The molecular formula is C20H28O2. The van der Waals surface area contributed by atoms with E-state index >= 15 is 0 Å². The molecule has 1 spiro atoms. The van der Waals surface area contributed by atoms with Gasteiger partial charge in [0.2, 0.25) is 0 Å². The van der Waals surface area contributed by atoms with Gasteiger partial charge in [-0.15, -0.1) is 0 Å². The Labute approximate surface area is 133 Å². The molecule has 2 nitrogen and oxygen atoms in total. The molecule has 5 unspecified atom stereocenters. The first kappa shape index (κ1) is 13.7. The van der Waals surface area contributed by atoms with Crippen LogP contribution in [0, 0.1) is 23.2 Å². The Morgan fingerprint density at radius 1 is 1.23 bits per heavy atom. The summed E-state index contributed by atoms with van der Waals surface area (Å²) in [5, 5.41) is 0. The zero-order chi connectivity index (χ0) is 14.9. The number of fused-ring (bicyclic) bond motifs is 5. The summed E-state index contributed by atoms with van der Waals surface area (Å²) in [6.45, 7) is 3.60. The summed E-state index contributed by atoms with van der Waals surface area (Å²) >= 11 is 0. The van der Waals surface area contributed by atoms with Crippen molar-refractivity contribution in [3.05, 3.63) is 23.0 Å². The third kappa shape index (κ3) is 1.60. The van der Waals surface area contributed by atoms with Crippen LogP contribution >= 0.6 is 0 Å². The van der Waals surface area contributed by atoms with Gasteiger partial charge in [-0.25, -0.2) is 0 Å². The maximum absolute atomic E-state index is 6.01. The van der Waals surface area contributed by atoms with Gasteiger partial charge in [0.25, 0.3) is 0 Å². The van der Waals surface area contributed by atoms with Crippen LogP contribution in [-0.4, -0.2) is 19.3 Å². The van der Waals surface area contributed by atoms with Gasteiger partial charge in [-0.3, -0.25) is 0 Å². The third-order valence-corrected chi connectivity index (χ3v) is 8.10. The third-order valence-electron chi connectivity index (χ3n) is 8.10. The van der Waals surface area contributed by atoms with Crippen LogP contribution in [0.1, 0.15) is 58.3 Å². The second kappa shape index (κ2) is 4.41. The summed E-state index contributed by atoms with van der Waals surface area (Å²) in [6, 6.07) is 0. The molecule has 2 heteroatoms. The average molecular weight is 300 g/mol. The van der Waals surface area contributed by atoms with Crippen LogP contribution in [0.15, 0.2) is 23.0 Å². The monoisotopic (exact) mass is 300 g/mol.